The second-order valence-electron chi connectivity index (χ2n) is 9.16. The van der Waals surface area contributed by atoms with Crippen LogP contribution < -0.4 is 9.80 Å². The van der Waals surface area contributed by atoms with E-state index in [0.717, 1.165) is 15.2 Å². The molecule has 11 heteroatoms. The Morgan fingerprint density at radius 2 is 1.73 bits per heavy atom. The number of benzene rings is 2. The lowest BCUT2D eigenvalue weighted by atomic mass is 10.0. The van der Waals surface area contributed by atoms with Crippen LogP contribution in [0.15, 0.2) is 65.8 Å². The van der Waals surface area contributed by atoms with E-state index in [1.807, 2.05) is 25.1 Å². The zero-order valence-corrected chi connectivity index (χ0v) is 21.4. The first-order valence-corrected chi connectivity index (χ1v) is 13.5. The molecule has 1 unspecified atom stereocenters. The quantitative estimate of drug-likeness (QED) is 0.512. The minimum absolute atomic E-state index is 0.108. The number of aromatic nitrogens is 2. The van der Waals surface area contributed by atoms with Gasteiger partial charge in [0.15, 0.2) is 0 Å². The van der Waals surface area contributed by atoms with Gasteiger partial charge in [-0.3, -0.25) is 9.69 Å². The van der Waals surface area contributed by atoms with Crippen molar-refractivity contribution in [3.8, 4) is 11.1 Å². The molecule has 37 heavy (non-hydrogen) atoms. The van der Waals surface area contributed by atoms with Crippen molar-refractivity contribution in [2.24, 2.45) is 0 Å². The lowest BCUT2D eigenvalue weighted by Gasteiger charge is -2.41. The predicted octanol–water partition coefficient (Wildman–Crippen LogP) is 3.66. The molecule has 2 aliphatic rings. The van der Waals surface area contributed by atoms with Crippen LogP contribution in [0.2, 0.25) is 0 Å². The Balaban J connectivity index is 1.48. The molecule has 0 N–H and O–H groups in total. The zero-order valence-electron chi connectivity index (χ0n) is 20.6. The van der Waals surface area contributed by atoms with Crippen molar-refractivity contribution in [1.29, 1.82) is 0 Å². The molecule has 3 aromatic rings. The molecule has 194 valence electrons. The molecule has 0 radical (unpaired) electrons. The molecule has 1 atom stereocenters. The molecule has 10 nitrogen and oxygen atoms in total. The lowest BCUT2D eigenvalue weighted by Crippen LogP contribution is -2.52. The number of rotatable bonds is 4. The van der Waals surface area contributed by atoms with Crippen molar-refractivity contribution in [3.05, 3.63) is 60.9 Å². The summed E-state index contributed by atoms with van der Waals surface area (Å²) in [6.45, 7) is 4.80. The maximum Gasteiger partial charge on any atom is 0.414 e. The molecule has 0 saturated carbocycles. The van der Waals surface area contributed by atoms with Crippen LogP contribution in [0.1, 0.15) is 26.7 Å². The third-order valence-corrected chi connectivity index (χ3v) is 8.20. The highest BCUT2D eigenvalue weighted by molar-refractivity contribution is 7.89. The third-order valence-electron chi connectivity index (χ3n) is 6.62. The molecule has 0 aliphatic carbocycles. The largest absolute Gasteiger partial charge is 0.446 e. The number of anilines is 2. The van der Waals surface area contributed by atoms with Crippen molar-refractivity contribution >= 4 is 33.4 Å². The Bertz CT molecular complexity index is 1400. The van der Waals surface area contributed by atoms with Gasteiger partial charge in [0, 0.05) is 32.5 Å². The maximum absolute atomic E-state index is 13.3. The van der Waals surface area contributed by atoms with Crippen LogP contribution in [-0.4, -0.2) is 61.5 Å². The van der Waals surface area contributed by atoms with Gasteiger partial charge in [0.25, 0.3) is 10.0 Å². The van der Waals surface area contributed by atoms with Crippen LogP contribution in [0.4, 0.5) is 16.2 Å². The van der Waals surface area contributed by atoms with E-state index in [9.17, 15) is 18.0 Å². The van der Waals surface area contributed by atoms with Crippen LogP contribution in [0.5, 0.6) is 0 Å². The summed E-state index contributed by atoms with van der Waals surface area (Å²) in [6, 6.07) is 13.3. The Hall–Kier alpha value is -3.70. The molecular formula is C26H28N4O6S. The molecule has 1 saturated heterocycles. The summed E-state index contributed by atoms with van der Waals surface area (Å²) in [5.74, 6) is -0.118. The van der Waals surface area contributed by atoms with Crippen molar-refractivity contribution in [2.45, 2.75) is 43.7 Å². The minimum Gasteiger partial charge on any atom is -0.446 e. The number of hydrogen-bond acceptors (Lipinski definition) is 7. The summed E-state index contributed by atoms with van der Waals surface area (Å²) >= 11 is 0. The van der Waals surface area contributed by atoms with Crippen molar-refractivity contribution in [3.63, 3.8) is 0 Å². The summed E-state index contributed by atoms with van der Waals surface area (Å²) in [6.07, 6.45) is 3.41. The van der Waals surface area contributed by atoms with E-state index in [1.54, 1.807) is 28.0 Å². The summed E-state index contributed by atoms with van der Waals surface area (Å²) < 4.78 is 37.6. The first kappa shape index (κ1) is 25.0. The number of fused-ring (bicyclic) bond motifs is 1. The molecule has 0 bridgehead atoms. The Morgan fingerprint density at radius 3 is 2.38 bits per heavy atom. The Morgan fingerprint density at radius 1 is 1.03 bits per heavy atom. The topological polar surface area (TPSA) is 111 Å². The SMILES string of the molecule is CC(=O)N1c2ccc(-c3ccc(S(=O)(=O)n4cccn4)cc3)cc2N(C(=O)OC2CCOCC2)CC1C. The van der Waals surface area contributed by atoms with Crippen LogP contribution >= 0.6 is 0 Å². The lowest BCUT2D eigenvalue weighted by molar-refractivity contribution is -0.117. The predicted molar refractivity (Wildman–Crippen MR) is 137 cm³/mol. The normalized spacial score (nSPS) is 18.4. The van der Waals surface area contributed by atoms with Gasteiger partial charge in [-0.2, -0.15) is 17.6 Å². The fourth-order valence-electron chi connectivity index (χ4n) is 4.78. The monoisotopic (exact) mass is 524 g/mol. The highest BCUT2D eigenvalue weighted by Crippen LogP contribution is 2.39. The number of ether oxygens (including phenoxy) is 2. The van der Waals surface area contributed by atoms with Gasteiger partial charge >= 0.3 is 6.09 Å². The number of amides is 2. The van der Waals surface area contributed by atoms with E-state index in [4.69, 9.17) is 9.47 Å². The van der Waals surface area contributed by atoms with Gasteiger partial charge in [-0.1, -0.05) is 18.2 Å². The van der Waals surface area contributed by atoms with Gasteiger partial charge in [-0.05, 0) is 48.4 Å². The first-order chi connectivity index (χ1) is 17.8. The van der Waals surface area contributed by atoms with Crippen molar-refractivity contribution < 1.29 is 27.5 Å². The standard InChI is InChI=1S/C26H28N4O6S/c1-18-17-28(26(32)36-22-10-14-35-15-11-22)25-16-21(6-9-24(25)30(18)19(2)31)20-4-7-23(8-5-20)37(33,34)29-13-3-12-27-29/h3-9,12-13,16,18,22H,10-11,14-15,17H2,1-2H3. The van der Waals surface area contributed by atoms with E-state index >= 15 is 0 Å². The summed E-state index contributed by atoms with van der Waals surface area (Å²) in [5.41, 5.74) is 2.71. The van der Waals surface area contributed by atoms with E-state index in [2.05, 4.69) is 5.10 Å². The van der Waals surface area contributed by atoms with Crippen molar-refractivity contribution in [2.75, 3.05) is 29.6 Å². The fraction of sp³-hybridized carbons (Fsp3) is 0.346. The molecular weight excluding hydrogens is 496 g/mol. The average Bonchev–Trinajstić information content (AvgIpc) is 3.44. The number of carbonyl (C=O) groups is 2. The molecule has 2 aliphatic heterocycles. The smallest absolute Gasteiger partial charge is 0.414 e. The summed E-state index contributed by atoms with van der Waals surface area (Å²) in [7, 11) is -3.78. The number of nitrogens with zero attached hydrogens (tertiary/aromatic N) is 4. The van der Waals surface area contributed by atoms with Gasteiger partial charge in [0.2, 0.25) is 5.91 Å². The van der Waals surface area contributed by atoms with Gasteiger partial charge in [0.1, 0.15) is 6.10 Å². The van der Waals surface area contributed by atoms with Crippen molar-refractivity contribution in [1.82, 2.24) is 9.19 Å². The minimum atomic E-state index is -3.78. The molecule has 2 amide bonds. The van der Waals surface area contributed by atoms with E-state index in [0.29, 0.717) is 44.0 Å². The molecule has 1 aromatic heterocycles. The van der Waals surface area contributed by atoms with Gasteiger partial charge in [-0.25, -0.2) is 4.79 Å². The van der Waals surface area contributed by atoms with Gasteiger partial charge in [-0.15, -0.1) is 0 Å². The second kappa shape index (κ2) is 9.98. The van der Waals surface area contributed by atoms with Gasteiger partial charge in [0.05, 0.1) is 41.7 Å². The Kier molecular flexibility index (Phi) is 6.74. The van der Waals surface area contributed by atoms with Crippen LogP contribution in [0, 0.1) is 0 Å². The zero-order chi connectivity index (χ0) is 26.2. The molecule has 0 spiro atoms. The molecule has 5 rings (SSSR count). The molecule has 2 aromatic carbocycles. The summed E-state index contributed by atoms with van der Waals surface area (Å²) in [4.78, 5) is 29.1. The third kappa shape index (κ3) is 4.84. The van der Waals surface area contributed by atoms with Crippen LogP contribution in [-0.2, 0) is 24.3 Å². The summed E-state index contributed by atoms with van der Waals surface area (Å²) in [5, 5.41) is 3.83. The van der Waals surface area contributed by atoms with E-state index in [1.165, 1.54) is 31.5 Å². The first-order valence-electron chi connectivity index (χ1n) is 12.1. The molecule has 1 fully saturated rings. The number of carbonyl (C=O) groups excluding carboxylic acids is 2. The molecule has 3 heterocycles. The van der Waals surface area contributed by atoms with Crippen LogP contribution in [0.25, 0.3) is 11.1 Å². The number of hydrogen-bond donors (Lipinski definition) is 0. The highest BCUT2D eigenvalue weighted by atomic mass is 32.2. The fourth-order valence-corrected chi connectivity index (χ4v) is 5.89. The second-order valence-corrected chi connectivity index (χ2v) is 11.0. The maximum atomic E-state index is 13.3. The van der Waals surface area contributed by atoms with E-state index in [-0.39, 0.29) is 22.9 Å². The van der Waals surface area contributed by atoms with E-state index < -0.39 is 16.1 Å². The average molecular weight is 525 g/mol. The van der Waals surface area contributed by atoms with Gasteiger partial charge < -0.3 is 14.4 Å². The highest BCUT2D eigenvalue weighted by Gasteiger charge is 2.35. The van der Waals surface area contributed by atoms with Crippen LogP contribution in [0.3, 0.4) is 0 Å². The Labute approximate surface area is 215 Å².